The number of carboxylic acids is 1. The molecule has 0 radical (unpaired) electrons. The van der Waals surface area contributed by atoms with Crippen molar-refractivity contribution in [3.63, 3.8) is 0 Å². The minimum Gasteiger partial charge on any atom is -0.484 e. The predicted molar refractivity (Wildman–Crippen MR) is 74.5 cm³/mol. The molecule has 0 fully saturated rings. The summed E-state index contributed by atoms with van der Waals surface area (Å²) in [6, 6.07) is 7.39. The van der Waals surface area contributed by atoms with E-state index in [9.17, 15) is 9.59 Å². The number of hydrogen-bond acceptors (Lipinski definition) is 3. The fourth-order valence-corrected chi connectivity index (χ4v) is 1.74. The second-order valence-corrected chi connectivity index (χ2v) is 4.84. The highest BCUT2D eigenvalue weighted by molar-refractivity contribution is 14.1. The third kappa shape index (κ3) is 6.43. The van der Waals surface area contributed by atoms with Crippen LogP contribution in [0.15, 0.2) is 24.3 Å². The summed E-state index contributed by atoms with van der Waals surface area (Å²) in [6.07, 6.45) is 0.475. The number of carbonyl (C=O) groups excluding carboxylic acids is 1. The van der Waals surface area contributed by atoms with Crippen LogP contribution in [0, 0.1) is 3.57 Å². The van der Waals surface area contributed by atoms with Crippen LogP contribution in [-0.4, -0.2) is 30.1 Å². The number of aliphatic carboxylic acids is 1. The van der Waals surface area contributed by atoms with E-state index in [1.165, 1.54) is 0 Å². The van der Waals surface area contributed by atoms with Gasteiger partial charge in [-0.1, -0.05) is 6.07 Å². The Balaban J connectivity index is 2.19. The van der Waals surface area contributed by atoms with Crippen LogP contribution in [0.5, 0.6) is 5.75 Å². The monoisotopic (exact) mass is 363 g/mol. The molecular weight excluding hydrogens is 349 g/mol. The molecule has 0 aliphatic heterocycles. The van der Waals surface area contributed by atoms with Crippen molar-refractivity contribution >= 4 is 34.5 Å². The SMILES string of the molecule is O=C(O)CCCNC(=O)COc1cccc(I)c1. The number of hydrogen-bond donors (Lipinski definition) is 2. The van der Waals surface area contributed by atoms with E-state index >= 15 is 0 Å². The molecule has 0 bridgehead atoms. The van der Waals surface area contributed by atoms with Gasteiger partial charge in [-0.2, -0.15) is 0 Å². The van der Waals surface area contributed by atoms with Crippen molar-refractivity contribution in [2.24, 2.45) is 0 Å². The molecular formula is C12H14INO4. The second-order valence-electron chi connectivity index (χ2n) is 3.59. The molecule has 1 rings (SSSR count). The number of carbonyl (C=O) groups is 2. The lowest BCUT2D eigenvalue weighted by Crippen LogP contribution is -2.29. The van der Waals surface area contributed by atoms with Gasteiger partial charge in [-0.25, -0.2) is 0 Å². The first-order chi connectivity index (χ1) is 8.58. The van der Waals surface area contributed by atoms with Gasteiger partial charge in [-0.3, -0.25) is 9.59 Å². The first-order valence-electron chi connectivity index (χ1n) is 5.45. The van der Waals surface area contributed by atoms with E-state index in [0.717, 1.165) is 3.57 Å². The van der Waals surface area contributed by atoms with Gasteiger partial charge in [0.1, 0.15) is 5.75 Å². The molecule has 0 aromatic heterocycles. The lowest BCUT2D eigenvalue weighted by atomic mass is 10.3. The minimum absolute atomic E-state index is 0.0536. The molecule has 1 aromatic carbocycles. The van der Waals surface area contributed by atoms with Gasteiger partial charge in [-0.15, -0.1) is 0 Å². The quantitative estimate of drug-likeness (QED) is 0.571. The van der Waals surface area contributed by atoms with Gasteiger partial charge in [0.15, 0.2) is 6.61 Å². The molecule has 0 spiro atoms. The van der Waals surface area contributed by atoms with E-state index in [1.54, 1.807) is 6.07 Å². The van der Waals surface area contributed by atoms with E-state index < -0.39 is 5.97 Å². The highest BCUT2D eigenvalue weighted by atomic mass is 127. The van der Waals surface area contributed by atoms with Gasteiger partial charge in [0.05, 0.1) is 0 Å². The summed E-state index contributed by atoms with van der Waals surface area (Å²) in [4.78, 5) is 21.6. The highest BCUT2D eigenvalue weighted by Crippen LogP contribution is 2.14. The van der Waals surface area contributed by atoms with Crippen molar-refractivity contribution in [1.29, 1.82) is 0 Å². The molecule has 98 valence electrons. The van der Waals surface area contributed by atoms with E-state index in [4.69, 9.17) is 9.84 Å². The summed E-state index contributed by atoms with van der Waals surface area (Å²) in [5, 5.41) is 11.0. The third-order valence-corrected chi connectivity index (χ3v) is 2.73. The lowest BCUT2D eigenvalue weighted by molar-refractivity contribution is -0.137. The second kappa shape index (κ2) is 7.91. The number of rotatable bonds is 7. The summed E-state index contributed by atoms with van der Waals surface area (Å²) in [7, 11) is 0. The van der Waals surface area contributed by atoms with Crippen molar-refractivity contribution in [1.82, 2.24) is 5.32 Å². The largest absolute Gasteiger partial charge is 0.484 e. The third-order valence-electron chi connectivity index (χ3n) is 2.06. The fourth-order valence-electron chi connectivity index (χ4n) is 1.22. The van der Waals surface area contributed by atoms with E-state index in [1.807, 2.05) is 18.2 Å². The summed E-state index contributed by atoms with van der Waals surface area (Å²) in [6.45, 7) is 0.286. The molecule has 0 saturated heterocycles. The summed E-state index contributed by atoms with van der Waals surface area (Å²) in [5.74, 6) is -0.471. The molecule has 0 unspecified atom stereocenters. The Morgan fingerprint density at radius 3 is 2.83 bits per heavy atom. The Hall–Kier alpha value is -1.31. The first-order valence-corrected chi connectivity index (χ1v) is 6.52. The summed E-state index contributed by atoms with van der Waals surface area (Å²) in [5.41, 5.74) is 0. The van der Waals surface area contributed by atoms with Gasteiger partial charge >= 0.3 is 5.97 Å². The molecule has 0 atom stereocenters. The molecule has 5 nitrogen and oxygen atoms in total. The number of benzene rings is 1. The maximum atomic E-state index is 11.4. The van der Waals surface area contributed by atoms with Gasteiger partial charge in [0, 0.05) is 16.5 Å². The molecule has 1 amide bonds. The number of ether oxygens (including phenoxy) is 1. The standard InChI is InChI=1S/C12H14INO4/c13-9-3-1-4-10(7-9)18-8-11(15)14-6-2-5-12(16)17/h1,3-4,7H,2,5-6,8H2,(H,14,15)(H,16,17). The van der Waals surface area contributed by atoms with Crippen LogP contribution in [0.4, 0.5) is 0 Å². The van der Waals surface area contributed by atoms with Gasteiger partial charge in [0.2, 0.25) is 0 Å². The Bertz CT molecular complexity index is 422. The zero-order valence-corrected chi connectivity index (χ0v) is 11.8. The number of nitrogens with one attached hydrogen (secondary N) is 1. The molecule has 2 N–H and O–H groups in total. The zero-order chi connectivity index (χ0) is 13.4. The predicted octanol–water partition coefficient (Wildman–Crippen LogP) is 1.65. The Kier molecular flexibility index (Phi) is 6.48. The molecule has 0 saturated carbocycles. The maximum Gasteiger partial charge on any atom is 0.303 e. The van der Waals surface area contributed by atoms with Crippen molar-refractivity contribution < 1.29 is 19.4 Å². The van der Waals surface area contributed by atoms with Crippen molar-refractivity contribution in [2.45, 2.75) is 12.8 Å². The average Bonchev–Trinajstić information content (AvgIpc) is 2.32. The molecule has 0 aliphatic carbocycles. The fraction of sp³-hybridized carbons (Fsp3) is 0.333. The minimum atomic E-state index is -0.862. The van der Waals surface area contributed by atoms with Crippen LogP contribution >= 0.6 is 22.6 Å². The maximum absolute atomic E-state index is 11.4. The van der Waals surface area contributed by atoms with Crippen LogP contribution in [0.1, 0.15) is 12.8 Å². The van der Waals surface area contributed by atoms with Crippen molar-refractivity contribution in [3.8, 4) is 5.75 Å². The van der Waals surface area contributed by atoms with Crippen molar-refractivity contribution in [3.05, 3.63) is 27.8 Å². The van der Waals surface area contributed by atoms with Crippen molar-refractivity contribution in [2.75, 3.05) is 13.2 Å². The van der Waals surface area contributed by atoms with E-state index in [2.05, 4.69) is 27.9 Å². The normalized spacial score (nSPS) is 9.83. The molecule has 18 heavy (non-hydrogen) atoms. The Morgan fingerprint density at radius 1 is 1.39 bits per heavy atom. The first kappa shape index (κ1) is 14.7. The van der Waals surface area contributed by atoms with Crippen LogP contribution in [0.2, 0.25) is 0 Å². The molecule has 1 aromatic rings. The zero-order valence-electron chi connectivity index (χ0n) is 9.69. The smallest absolute Gasteiger partial charge is 0.303 e. The van der Waals surface area contributed by atoms with Crippen LogP contribution in [-0.2, 0) is 9.59 Å². The van der Waals surface area contributed by atoms with Gasteiger partial charge < -0.3 is 15.2 Å². The lowest BCUT2D eigenvalue weighted by Gasteiger charge is -2.07. The van der Waals surface area contributed by atoms with Crippen LogP contribution in [0.25, 0.3) is 0 Å². The Morgan fingerprint density at radius 2 is 2.17 bits per heavy atom. The summed E-state index contributed by atoms with van der Waals surface area (Å²) >= 11 is 2.16. The van der Waals surface area contributed by atoms with Gasteiger partial charge in [-0.05, 0) is 47.2 Å². The number of halogens is 1. The molecule has 0 aliphatic rings. The number of amides is 1. The topological polar surface area (TPSA) is 75.6 Å². The van der Waals surface area contributed by atoms with Gasteiger partial charge in [0.25, 0.3) is 5.91 Å². The van der Waals surface area contributed by atoms with Crippen LogP contribution < -0.4 is 10.1 Å². The van der Waals surface area contributed by atoms with E-state index in [-0.39, 0.29) is 18.9 Å². The molecule has 6 heteroatoms. The molecule has 0 heterocycles. The van der Waals surface area contributed by atoms with E-state index in [0.29, 0.717) is 18.7 Å². The number of carboxylic acid groups (broad SMARTS) is 1. The van der Waals surface area contributed by atoms with Crippen LogP contribution in [0.3, 0.4) is 0 Å². The average molecular weight is 363 g/mol. The highest BCUT2D eigenvalue weighted by Gasteiger charge is 2.03. The summed E-state index contributed by atoms with van der Waals surface area (Å²) < 4.78 is 6.33. The Labute approximate surface area is 119 Å².